The van der Waals surface area contributed by atoms with Gasteiger partial charge in [-0.3, -0.25) is 4.79 Å². The third-order valence-corrected chi connectivity index (χ3v) is 4.37. The van der Waals surface area contributed by atoms with Crippen molar-refractivity contribution in [1.29, 1.82) is 0 Å². The molecule has 0 saturated carbocycles. The van der Waals surface area contributed by atoms with Crippen molar-refractivity contribution < 1.29 is 19.0 Å². The summed E-state index contributed by atoms with van der Waals surface area (Å²) in [5.41, 5.74) is 3.10. The minimum Gasteiger partial charge on any atom is -0.497 e. The molecule has 2 aromatic rings. The molecule has 1 aliphatic heterocycles. The van der Waals surface area contributed by atoms with Crippen LogP contribution in [0.3, 0.4) is 0 Å². The van der Waals surface area contributed by atoms with E-state index in [-0.39, 0.29) is 11.9 Å². The van der Waals surface area contributed by atoms with E-state index < -0.39 is 0 Å². The second-order valence-electron chi connectivity index (χ2n) is 6.18. The number of methoxy groups -OCH3 is 2. The first kappa shape index (κ1) is 17.9. The van der Waals surface area contributed by atoms with Gasteiger partial charge in [-0.2, -0.15) is 0 Å². The highest BCUT2D eigenvalue weighted by molar-refractivity contribution is 5.92. The fourth-order valence-corrected chi connectivity index (χ4v) is 2.92. The Morgan fingerprint density at radius 2 is 1.88 bits per heavy atom. The van der Waals surface area contributed by atoms with Gasteiger partial charge in [0, 0.05) is 18.6 Å². The number of fused-ring (bicyclic) bond motifs is 1. The monoisotopic (exact) mass is 353 g/mol. The zero-order valence-corrected chi connectivity index (χ0v) is 15.2. The summed E-state index contributed by atoms with van der Waals surface area (Å²) in [6, 6.07) is 11.5. The van der Waals surface area contributed by atoms with E-state index in [1.54, 1.807) is 26.4 Å². The number of carbonyl (C=O) groups is 1. The van der Waals surface area contributed by atoms with Crippen molar-refractivity contribution in [2.24, 2.45) is 0 Å². The number of carbonyl (C=O) groups excluding carboxylic acids is 1. The highest BCUT2D eigenvalue weighted by atomic mass is 16.5. The van der Waals surface area contributed by atoms with Gasteiger partial charge in [-0.15, -0.1) is 0 Å². The molecule has 5 heteroatoms. The van der Waals surface area contributed by atoms with E-state index in [4.69, 9.17) is 14.2 Å². The van der Waals surface area contributed by atoms with E-state index in [1.165, 1.54) is 11.6 Å². The van der Waals surface area contributed by atoms with Crippen LogP contribution in [-0.2, 0) is 11.2 Å². The SMILES string of the molecule is COc1cc(C=CC(=O)NC(C)c2ccc3c(c2)CCO3)cc(OC)c1. The molecule has 1 unspecified atom stereocenters. The Morgan fingerprint density at radius 1 is 1.15 bits per heavy atom. The topological polar surface area (TPSA) is 56.8 Å². The fraction of sp³-hybridized carbons (Fsp3) is 0.286. The van der Waals surface area contributed by atoms with Crippen molar-refractivity contribution in [3.05, 3.63) is 59.2 Å². The molecular formula is C21H23NO4. The van der Waals surface area contributed by atoms with Gasteiger partial charge in [0.15, 0.2) is 0 Å². The number of hydrogen-bond acceptors (Lipinski definition) is 4. The predicted octanol–water partition coefficient (Wildman–Crippen LogP) is 3.53. The van der Waals surface area contributed by atoms with Crippen LogP contribution in [0.1, 0.15) is 29.7 Å². The number of ether oxygens (including phenoxy) is 3. The van der Waals surface area contributed by atoms with Gasteiger partial charge >= 0.3 is 0 Å². The summed E-state index contributed by atoms with van der Waals surface area (Å²) < 4.78 is 16.0. The smallest absolute Gasteiger partial charge is 0.244 e. The minimum atomic E-state index is -0.156. The third-order valence-electron chi connectivity index (χ3n) is 4.37. The van der Waals surface area contributed by atoms with Crippen LogP contribution in [0.25, 0.3) is 6.08 Å². The molecule has 3 rings (SSSR count). The van der Waals surface area contributed by atoms with E-state index in [0.717, 1.165) is 29.9 Å². The van der Waals surface area contributed by atoms with Crippen molar-refractivity contribution >= 4 is 12.0 Å². The minimum absolute atomic E-state index is 0.0853. The molecule has 1 N–H and O–H groups in total. The molecule has 26 heavy (non-hydrogen) atoms. The van der Waals surface area contributed by atoms with Crippen molar-refractivity contribution in [3.8, 4) is 17.2 Å². The van der Waals surface area contributed by atoms with Gasteiger partial charge in [0.25, 0.3) is 0 Å². The molecule has 1 aliphatic rings. The molecule has 0 bridgehead atoms. The summed E-state index contributed by atoms with van der Waals surface area (Å²) in [4.78, 5) is 12.3. The zero-order valence-electron chi connectivity index (χ0n) is 15.2. The summed E-state index contributed by atoms with van der Waals surface area (Å²) in [7, 11) is 3.19. The van der Waals surface area contributed by atoms with E-state index >= 15 is 0 Å². The standard InChI is InChI=1S/C21H23NO4/c1-14(16-5-6-20-17(12-16)8-9-26-20)22-21(23)7-4-15-10-18(24-2)13-19(11-15)25-3/h4-7,10-14H,8-9H2,1-3H3,(H,22,23). The summed E-state index contributed by atoms with van der Waals surface area (Å²) >= 11 is 0. The van der Waals surface area contributed by atoms with Gasteiger partial charge in [0.1, 0.15) is 17.2 Å². The van der Waals surface area contributed by atoms with Crippen LogP contribution in [0.2, 0.25) is 0 Å². The maximum Gasteiger partial charge on any atom is 0.244 e. The molecule has 0 aromatic heterocycles. The molecule has 0 aliphatic carbocycles. The van der Waals surface area contributed by atoms with Crippen LogP contribution in [-0.4, -0.2) is 26.7 Å². The summed E-state index contributed by atoms with van der Waals surface area (Å²) in [6.45, 7) is 2.70. The summed E-state index contributed by atoms with van der Waals surface area (Å²) in [5, 5.41) is 2.99. The quantitative estimate of drug-likeness (QED) is 0.807. The Morgan fingerprint density at radius 3 is 2.58 bits per heavy atom. The predicted molar refractivity (Wildman–Crippen MR) is 101 cm³/mol. The van der Waals surface area contributed by atoms with Crippen LogP contribution in [0.4, 0.5) is 0 Å². The maximum atomic E-state index is 12.3. The Kier molecular flexibility index (Phi) is 5.46. The fourth-order valence-electron chi connectivity index (χ4n) is 2.92. The number of amides is 1. The van der Waals surface area contributed by atoms with Gasteiger partial charge in [-0.25, -0.2) is 0 Å². The van der Waals surface area contributed by atoms with Crippen molar-refractivity contribution in [1.82, 2.24) is 5.32 Å². The second-order valence-corrected chi connectivity index (χ2v) is 6.18. The number of nitrogens with one attached hydrogen (secondary N) is 1. The van der Waals surface area contributed by atoms with Crippen LogP contribution in [0.15, 0.2) is 42.5 Å². The lowest BCUT2D eigenvalue weighted by Crippen LogP contribution is -2.24. The summed E-state index contributed by atoms with van der Waals surface area (Å²) in [6.07, 6.45) is 4.17. The molecular weight excluding hydrogens is 330 g/mol. The van der Waals surface area contributed by atoms with Gasteiger partial charge < -0.3 is 19.5 Å². The second kappa shape index (κ2) is 7.95. The first-order chi connectivity index (χ1) is 12.6. The van der Waals surface area contributed by atoms with Gasteiger partial charge in [-0.05, 0) is 54.0 Å². The van der Waals surface area contributed by atoms with Gasteiger partial charge in [0.05, 0.1) is 26.9 Å². The molecule has 1 atom stereocenters. The third kappa shape index (κ3) is 4.17. The van der Waals surface area contributed by atoms with Gasteiger partial charge in [-0.1, -0.05) is 6.07 Å². The molecule has 5 nitrogen and oxygen atoms in total. The Bertz CT molecular complexity index is 807. The number of hydrogen-bond donors (Lipinski definition) is 1. The average molecular weight is 353 g/mol. The number of benzene rings is 2. The molecule has 0 fully saturated rings. The molecule has 2 aromatic carbocycles. The van der Waals surface area contributed by atoms with Crippen molar-refractivity contribution in [2.45, 2.75) is 19.4 Å². The molecule has 136 valence electrons. The lowest BCUT2D eigenvalue weighted by Gasteiger charge is -2.14. The van der Waals surface area contributed by atoms with Crippen molar-refractivity contribution in [2.75, 3.05) is 20.8 Å². The first-order valence-electron chi connectivity index (χ1n) is 8.56. The molecule has 1 heterocycles. The largest absolute Gasteiger partial charge is 0.497 e. The summed E-state index contributed by atoms with van der Waals surface area (Å²) in [5.74, 6) is 2.14. The Labute approximate surface area is 153 Å². The van der Waals surface area contributed by atoms with Crippen LogP contribution in [0.5, 0.6) is 17.2 Å². The first-order valence-corrected chi connectivity index (χ1v) is 8.56. The van der Waals surface area contributed by atoms with E-state index in [2.05, 4.69) is 11.4 Å². The van der Waals surface area contributed by atoms with Crippen molar-refractivity contribution in [3.63, 3.8) is 0 Å². The van der Waals surface area contributed by atoms with Crippen LogP contribution in [0, 0.1) is 0 Å². The Balaban J connectivity index is 1.65. The van der Waals surface area contributed by atoms with E-state index in [9.17, 15) is 4.79 Å². The lowest BCUT2D eigenvalue weighted by molar-refractivity contribution is -0.117. The highest BCUT2D eigenvalue weighted by Gasteiger charge is 2.15. The molecule has 0 saturated heterocycles. The molecule has 1 amide bonds. The molecule has 0 radical (unpaired) electrons. The average Bonchev–Trinajstić information content (AvgIpc) is 3.13. The van der Waals surface area contributed by atoms with Crippen LogP contribution < -0.4 is 19.5 Å². The lowest BCUT2D eigenvalue weighted by atomic mass is 10.0. The van der Waals surface area contributed by atoms with E-state index in [0.29, 0.717) is 11.5 Å². The molecule has 0 spiro atoms. The van der Waals surface area contributed by atoms with E-state index in [1.807, 2.05) is 31.2 Å². The zero-order chi connectivity index (χ0) is 18.5. The number of rotatable bonds is 6. The normalized spacial score (nSPS) is 13.8. The van der Waals surface area contributed by atoms with Crippen LogP contribution >= 0.6 is 0 Å². The maximum absolute atomic E-state index is 12.3. The highest BCUT2D eigenvalue weighted by Crippen LogP contribution is 2.28. The van der Waals surface area contributed by atoms with Gasteiger partial charge in [0.2, 0.25) is 5.91 Å². The Hall–Kier alpha value is -2.95.